The first-order chi connectivity index (χ1) is 15.4. The number of aromatic nitrogens is 1. The summed E-state index contributed by atoms with van der Waals surface area (Å²) < 4.78 is 33.5. The molecule has 1 heterocycles. The number of hydrogen-bond acceptors (Lipinski definition) is 6. The molecule has 0 bridgehead atoms. The molecule has 0 fully saturated rings. The van der Waals surface area contributed by atoms with Gasteiger partial charge in [0.15, 0.2) is 5.58 Å². The fourth-order valence-electron chi connectivity index (χ4n) is 2.84. The molecule has 32 heavy (non-hydrogen) atoms. The van der Waals surface area contributed by atoms with E-state index in [1.807, 2.05) is 30.3 Å². The maximum Gasteiger partial charge on any atom is 0.262 e. The van der Waals surface area contributed by atoms with Gasteiger partial charge in [-0.25, -0.2) is 13.4 Å². The highest BCUT2D eigenvalue weighted by Gasteiger charge is 2.18. The van der Waals surface area contributed by atoms with E-state index < -0.39 is 10.0 Å². The third-order valence-corrected chi connectivity index (χ3v) is 6.95. The fourth-order valence-corrected chi connectivity index (χ4v) is 4.84. The van der Waals surface area contributed by atoms with Gasteiger partial charge in [-0.05, 0) is 35.9 Å². The summed E-state index contributed by atoms with van der Waals surface area (Å²) in [4.78, 5) is 16.4. The molecule has 0 aliphatic rings. The Morgan fingerprint density at radius 1 is 1.03 bits per heavy atom. The smallest absolute Gasteiger partial charge is 0.262 e. The van der Waals surface area contributed by atoms with Crippen molar-refractivity contribution in [2.24, 2.45) is 0 Å². The number of thioether (sulfide) groups is 1. The lowest BCUT2D eigenvalue weighted by molar-refractivity contribution is -0.118. The molecule has 0 saturated carbocycles. The highest BCUT2D eigenvalue weighted by molar-refractivity contribution is 7.99. The Labute approximate surface area is 194 Å². The number of sulfonamides is 1. The van der Waals surface area contributed by atoms with Crippen LogP contribution in [0, 0.1) is 0 Å². The van der Waals surface area contributed by atoms with E-state index in [0.717, 1.165) is 17.3 Å². The zero-order chi connectivity index (χ0) is 22.6. The normalized spacial score (nSPS) is 11.4. The van der Waals surface area contributed by atoms with Crippen molar-refractivity contribution < 1.29 is 17.6 Å². The van der Waals surface area contributed by atoms with Crippen LogP contribution in [0.25, 0.3) is 11.1 Å². The number of oxazole rings is 1. The van der Waals surface area contributed by atoms with E-state index in [4.69, 9.17) is 16.0 Å². The van der Waals surface area contributed by atoms with Crippen molar-refractivity contribution in [1.29, 1.82) is 0 Å². The molecule has 1 aromatic heterocycles. The maximum atomic E-state index is 12.7. The third kappa shape index (κ3) is 5.42. The zero-order valence-corrected chi connectivity index (χ0v) is 19.0. The molecule has 4 rings (SSSR count). The van der Waals surface area contributed by atoms with Crippen LogP contribution in [0.15, 0.2) is 87.3 Å². The lowest BCUT2D eigenvalue weighted by Gasteiger charge is -2.09. The number of anilines is 1. The van der Waals surface area contributed by atoms with Gasteiger partial charge in [0.25, 0.3) is 15.2 Å². The molecule has 3 aromatic carbocycles. The molecule has 164 valence electrons. The molecule has 1 amide bonds. The van der Waals surface area contributed by atoms with E-state index in [-0.39, 0.29) is 27.5 Å². The van der Waals surface area contributed by atoms with Crippen molar-refractivity contribution >= 4 is 56.1 Å². The SMILES string of the molecule is O=C(CSc1nc2cc(S(=O)(=O)Nc3ccccc3Cl)ccc2o1)NCc1ccccc1. The summed E-state index contributed by atoms with van der Waals surface area (Å²) in [5.41, 5.74) is 2.09. The van der Waals surface area contributed by atoms with Crippen molar-refractivity contribution in [2.75, 3.05) is 10.5 Å². The number of carbonyl (C=O) groups excluding carboxylic acids is 1. The van der Waals surface area contributed by atoms with Crippen LogP contribution in [0.3, 0.4) is 0 Å². The zero-order valence-electron chi connectivity index (χ0n) is 16.6. The number of fused-ring (bicyclic) bond motifs is 1. The first-order valence-corrected chi connectivity index (χ1v) is 12.4. The highest BCUT2D eigenvalue weighted by atomic mass is 35.5. The second-order valence-electron chi connectivity index (χ2n) is 6.75. The summed E-state index contributed by atoms with van der Waals surface area (Å²) in [5.74, 6) is -0.0351. The molecule has 0 atom stereocenters. The van der Waals surface area contributed by atoms with Crippen molar-refractivity contribution in [3.63, 3.8) is 0 Å². The molecule has 2 N–H and O–H groups in total. The Bertz CT molecular complexity index is 1360. The Hall–Kier alpha value is -3.01. The van der Waals surface area contributed by atoms with E-state index in [0.29, 0.717) is 22.7 Å². The second kappa shape index (κ2) is 9.64. The lowest BCUT2D eigenvalue weighted by atomic mass is 10.2. The van der Waals surface area contributed by atoms with Gasteiger partial charge in [-0.1, -0.05) is 65.8 Å². The molecule has 0 saturated heterocycles. The summed E-state index contributed by atoms with van der Waals surface area (Å²) in [5, 5.41) is 3.41. The topological polar surface area (TPSA) is 101 Å². The predicted molar refractivity (Wildman–Crippen MR) is 125 cm³/mol. The summed E-state index contributed by atoms with van der Waals surface area (Å²) >= 11 is 7.18. The van der Waals surface area contributed by atoms with Crippen molar-refractivity contribution in [2.45, 2.75) is 16.7 Å². The van der Waals surface area contributed by atoms with Crippen LogP contribution in [0.5, 0.6) is 0 Å². The third-order valence-electron chi connectivity index (χ3n) is 4.43. The summed E-state index contributed by atoms with van der Waals surface area (Å²) in [6, 6.07) is 20.5. The number of rotatable bonds is 8. The summed E-state index contributed by atoms with van der Waals surface area (Å²) in [7, 11) is -3.86. The Morgan fingerprint density at radius 3 is 2.56 bits per heavy atom. The Kier molecular flexibility index (Phi) is 6.69. The van der Waals surface area contributed by atoms with Gasteiger partial charge in [0.05, 0.1) is 21.4 Å². The lowest BCUT2D eigenvalue weighted by Crippen LogP contribution is -2.24. The van der Waals surface area contributed by atoms with Gasteiger partial charge in [0.2, 0.25) is 5.91 Å². The minimum Gasteiger partial charge on any atom is -0.431 e. The van der Waals surface area contributed by atoms with Gasteiger partial charge in [-0.3, -0.25) is 9.52 Å². The number of carbonyl (C=O) groups is 1. The minimum absolute atomic E-state index is 0.0235. The molecule has 0 aliphatic heterocycles. The molecular weight excluding hydrogens is 470 g/mol. The van der Waals surface area contributed by atoms with Crippen molar-refractivity contribution in [3.05, 3.63) is 83.4 Å². The van der Waals surface area contributed by atoms with Crippen LogP contribution in [-0.2, 0) is 21.4 Å². The van der Waals surface area contributed by atoms with Crippen LogP contribution in [0.1, 0.15) is 5.56 Å². The number of benzene rings is 3. The van der Waals surface area contributed by atoms with Gasteiger partial charge < -0.3 is 9.73 Å². The van der Waals surface area contributed by atoms with E-state index in [2.05, 4.69) is 15.0 Å². The molecule has 0 aliphatic carbocycles. The molecule has 7 nitrogen and oxygen atoms in total. The summed E-state index contributed by atoms with van der Waals surface area (Å²) in [6.07, 6.45) is 0. The van der Waals surface area contributed by atoms with Crippen LogP contribution in [0.2, 0.25) is 5.02 Å². The van der Waals surface area contributed by atoms with Crippen LogP contribution in [0.4, 0.5) is 5.69 Å². The molecule has 0 unspecified atom stereocenters. The summed E-state index contributed by atoms with van der Waals surface area (Å²) in [6.45, 7) is 0.438. The molecule has 0 radical (unpaired) electrons. The second-order valence-corrected chi connectivity index (χ2v) is 9.76. The number of amides is 1. The molecule has 4 aromatic rings. The largest absolute Gasteiger partial charge is 0.431 e. The number of halogens is 1. The van der Waals surface area contributed by atoms with Crippen molar-refractivity contribution in [3.8, 4) is 0 Å². The molecule has 0 spiro atoms. The van der Waals surface area contributed by atoms with Gasteiger partial charge in [0, 0.05) is 6.54 Å². The van der Waals surface area contributed by atoms with Crippen LogP contribution in [-0.4, -0.2) is 25.1 Å². The van der Waals surface area contributed by atoms with Gasteiger partial charge in [-0.15, -0.1) is 0 Å². The van der Waals surface area contributed by atoms with Gasteiger partial charge in [-0.2, -0.15) is 0 Å². The standard InChI is InChI=1S/C22H18ClN3O4S2/c23-17-8-4-5-9-18(17)26-32(28,29)16-10-11-20-19(12-16)25-22(30-20)31-14-21(27)24-13-15-6-2-1-3-7-15/h1-12,26H,13-14H2,(H,24,27). The predicted octanol–water partition coefficient (Wildman–Crippen LogP) is 4.69. The van der Waals surface area contributed by atoms with Gasteiger partial charge >= 0.3 is 0 Å². The van der Waals surface area contributed by atoms with E-state index in [9.17, 15) is 13.2 Å². The number of nitrogens with one attached hydrogen (secondary N) is 2. The van der Waals surface area contributed by atoms with E-state index in [1.165, 1.54) is 18.2 Å². The monoisotopic (exact) mass is 487 g/mol. The van der Waals surface area contributed by atoms with Crippen LogP contribution >= 0.6 is 23.4 Å². The first kappa shape index (κ1) is 22.2. The van der Waals surface area contributed by atoms with Crippen molar-refractivity contribution in [1.82, 2.24) is 10.3 Å². The highest BCUT2D eigenvalue weighted by Crippen LogP contribution is 2.28. The van der Waals surface area contributed by atoms with Crippen LogP contribution < -0.4 is 10.0 Å². The average Bonchev–Trinajstić information content (AvgIpc) is 3.21. The molecular formula is C22H18ClN3O4S2. The number of para-hydroxylation sites is 1. The first-order valence-electron chi connectivity index (χ1n) is 9.52. The Balaban J connectivity index is 1.41. The number of nitrogens with zero attached hydrogens (tertiary/aromatic N) is 1. The maximum absolute atomic E-state index is 12.7. The number of hydrogen-bond donors (Lipinski definition) is 2. The van der Waals surface area contributed by atoms with E-state index >= 15 is 0 Å². The fraction of sp³-hybridized carbons (Fsp3) is 0.0909. The molecule has 10 heteroatoms. The Morgan fingerprint density at radius 2 is 1.78 bits per heavy atom. The minimum atomic E-state index is -3.86. The quantitative estimate of drug-likeness (QED) is 0.349. The van der Waals surface area contributed by atoms with Gasteiger partial charge in [0.1, 0.15) is 5.52 Å². The van der Waals surface area contributed by atoms with E-state index in [1.54, 1.807) is 24.3 Å². The average molecular weight is 488 g/mol.